The van der Waals surface area contributed by atoms with Crippen LogP contribution in [0.3, 0.4) is 0 Å². The van der Waals surface area contributed by atoms with Gasteiger partial charge in [0.05, 0.1) is 5.69 Å². The molecule has 106 valence electrons. The number of nitrogens with one attached hydrogen (secondary N) is 1. The Bertz CT molecular complexity index is 462. The second kappa shape index (κ2) is 5.76. The number of aromatic nitrogens is 2. The summed E-state index contributed by atoms with van der Waals surface area (Å²) in [6.45, 7) is 8.70. The molecule has 1 amide bonds. The van der Waals surface area contributed by atoms with Crippen LogP contribution in [0.2, 0.25) is 0 Å². The molecule has 0 aromatic carbocycles. The third-order valence-electron chi connectivity index (χ3n) is 4.11. The zero-order valence-electron chi connectivity index (χ0n) is 12.5. The summed E-state index contributed by atoms with van der Waals surface area (Å²) in [5.74, 6) is 1.52. The van der Waals surface area contributed by atoms with E-state index in [0.717, 1.165) is 18.7 Å². The van der Waals surface area contributed by atoms with Gasteiger partial charge in [-0.05, 0) is 45.4 Å². The van der Waals surface area contributed by atoms with Crippen molar-refractivity contribution in [2.24, 2.45) is 5.92 Å². The number of hydrogen-bond donors (Lipinski definition) is 1. The third-order valence-corrected chi connectivity index (χ3v) is 4.11. The molecule has 0 bridgehead atoms. The van der Waals surface area contributed by atoms with Crippen molar-refractivity contribution in [1.82, 2.24) is 14.9 Å². The summed E-state index contributed by atoms with van der Waals surface area (Å²) in [7, 11) is 0. The molecule has 4 nitrogen and oxygen atoms in total. The lowest BCUT2D eigenvalue weighted by molar-refractivity contribution is -0.122. The minimum atomic E-state index is 0.0927. The van der Waals surface area contributed by atoms with Crippen LogP contribution in [0.1, 0.15) is 50.8 Å². The van der Waals surface area contributed by atoms with Gasteiger partial charge in [-0.2, -0.15) is 0 Å². The van der Waals surface area contributed by atoms with E-state index in [1.807, 2.05) is 6.92 Å². The minimum Gasteiger partial charge on any atom is -0.352 e. The summed E-state index contributed by atoms with van der Waals surface area (Å²) in [5.41, 5.74) is 2.48. The number of amides is 1. The molecule has 4 heteroatoms. The fraction of sp³-hybridized carbons (Fsp3) is 0.733. The Kier molecular flexibility index (Phi) is 4.27. The summed E-state index contributed by atoms with van der Waals surface area (Å²) in [6, 6.07) is 0.215. The SMILES string of the molecule is Cc1nc2c(n1CC(=O)NC(C)C(C)C)CCCC2. The summed E-state index contributed by atoms with van der Waals surface area (Å²) in [4.78, 5) is 16.7. The van der Waals surface area contributed by atoms with Crippen LogP contribution >= 0.6 is 0 Å². The van der Waals surface area contributed by atoms with Gasteiger partial charge in [0.2, 0.25) is 5.91 Å². The monoisotopic (exact) mass is 263 g/mol. The van der Waals surface area contributed by atoms with E-state index in [0.29, 0.717) is 12.5 Å². The first-order valence-corrected chi connectivity index (χ1v) is 7.33. The molecule has 0 aliphatic heterocycles. The van der Waals surface area contributed by atoms with Crippen LogP contribution in [0, 0.1) is 12.8 Å². The highest BCUT2D eigenvalue weighted by Gasteiger charge is 2.20. The maximum absolute atomic E-state index is 12.1. The van der Waals surface area contributed by atoms with Gasteiger partial charge in [-0.3, -0.25) is 4.79 Å². The highest BCUT2D eigenvalue weighted by molar-refractivity contribution is 5.76. The normalized spacial score (nSPS) is 16.3. The largest absolute Gasteiger partial charge is 0.352 e. The lowest BCUT2D eigenvalue weighted by atomic mass is 10.0. The molecule has 0 fully saturated rings. The Labute approximate surface area is 115 Å². The molecule has 1 atom stereocenters. The van der Waals surface area contributed by atoms with Crippen LogP contribution < -0.4 is 5.32 Å². The van der Waals surface area contributed by atoms with Gasteiger partial charge in [-0.1, -0.05) is 13.8 Å². The number of carbonyl (C=O) groups is 1. The number of fused-ring (bicyclic) bond motifs is 1. The maximum Gasteiger partial charge on any atom is 0.240 e. The molecule has 1 aromatic rings. The zero-order chi connectivity index (χ0) is 14.0. The molecular formula is C15H25N3O. The van der Waals surface area contributed by atoms with E-state index < -0.39 is 0 Å². The standard InChI is InChI=1S/C15H25N3O/c1-10(2)11(3)16-15(19)9-18-12(4)17-13-7-5-6-8-14(13)18/h10-11H,5-9H2,1-4H3,(H,16,19). The molecule has 19 heavy (non-hydrogen) atoms. The summed E-state index contributed by atoms with van der Waals surface area (Å²) in [5, 5.41) is 3.06. The van der Waals surface area contributed by atoms with Crippen molar-refractivity contribution in [3.63, 3.8) is 0 Å². The zero-order valence-corrected chi connectivity index (χ0v) is 12.5. The van der Waals surface area contributed by atoms with Crippen molar-refractivity contribution < 1.29 is 4.79 Å². The van der Waals surface area contributed by atoms with Gasteiger partial charge in [-0.15, -0.1) is 0 Å². The summed E-state index contributed by atoms with van der Waals surface area (Å²) in [6.07, 6.45) is 4.55. The van der Waals surface area contributed by atoms with Crippen molar-refractivity contribution in [3.05, 3.63) is 17.2 Å². The van der Waals surface area contributed by atoms with Crippen molar-refractivity contribution in [2.45, 2.75) is 66.0 Å². The molecule has 0 radical (unpaired) electrons. The van der Waals surface area contributed by atoms with Crippen molar-refractivity contribution >= 4 is 5.91 Å². The molecule has 1 aliphatic rings. The second-order valence-electron chi connectivity index (χ2n) is 5.95. The molecule has 0 saturated carbocycles. The van der Waals surface area contributed by atoms with Gasteiger partial charge < -0.3 is 9.88 Å². The van der Waals surface area contributed by atoms with Gasteiger partial charge in [0.25, 0.3) is 0 Å². The Balaban J connectivity index is 2.07. The Hall–Kier alpha value is -1.32. The fourth-order valence-electron chi connectivity index (χ4n) is 2.56. The maximum atomic E-state index is 12.1. The Morgan fingerprint density at radius 3 is 2.68 bits per heavy atom. The number of nitrogens with zero attached hydrogens (tertiary/aromatic N) is 2. The lowest BCUT2D eigenvalue weighted by Crippen LogP contribution is -2.38. The molecule has 0 spiro atoms. The number of hydrogen-bond acceptors (Lipinski definition) is 2. The van der Waals surface area contributed by atoms with Crippen LogP contribution in [-0.4, -0.2) is 21.5 Å². The van der Waals surface area contributed by atoms with Gasteiger partial charge in [0.15, 0.2) is 0 Å². The first-order chi connectivity index (χ1) is 8.99. The summed E-state index contributed by atoms with van der Waals surface area (Å²) >= 11 is 0. The molecule has 2 rings (SSSR count). The molecule has 1 N–H and O–H groups in total. The van der Waals surface area contributed by atoms with E-state index in [2.05, 4.69) is 35.6 Å². The molecule has 1 heterocycles. The van der Waals surface area contributed by atoms with E-state index in [-0.39, 0.29) is 11.9 Å². The van der Waals surface area contributed by atoms with Gasteiger partial charge in [-0.25, -0.2) is 4.98 Å². The highest BCUT2D eigenvalue weighted by Crippen LogP contribution is 2.21. The Morgan fingerprint density at radius 2 is 2.00 bits per heavy atom. The number of rotatable bonds is 4. The van der Waals surface area contributed by atoms with Crippen molar-refractivity contribution in [3.8, 4) is 0 Å². The Morgan fingerprint density at radius 1 is 1.32 bits per heavy atom. The van der Waals surface area contributed by atoms with E-state index in [1.54, 1.807) is 0 Å². The highest BCUT2D eigenvalue weighted by atomic mass is 16.2. The topological polar surface area (TPSA) is 46.9 Å². The average molecular weight is 263 g/mol. The van der Waals surface area contributed by atoms with Gasteiger partial charge in [0.1, 0.15) is 12.4 Å². The molecule has 1 aliphatic carbocycles. The average Bonchev–Trinajstić information content (AvgIpc) is 2.66. The quantitative estimate of drug-likeness (QED) is 0.905. The van der Waals surface area contributed by atoms with E-state index in [9.17, 15) is 4.79 Å². The molecule has 1 aromatic heterocycles. The van der Waals surface area contributed by atoms with Gasteiger partial charge in [0, 0.05) is 11.7 Å². The first-order valence-electron chi connectivity index (χ1n) is 7.33. The lowest BCUT2D eigenvalue weighted by Gasteiger charge is -2.19. The predicted octanol–water partition coefficient (Wildman–Crippen LogP) is 2.23. The van der Waals surface area contributed by atoms with Crippen molar-refractivity contribution in [2.75, 3.05) is 0 Å². The smallest absolute Gasteiger partial charge is 0.240 e. The van der Waals surface area contributed by atoms with Crippen LogP contribution in [0.25, 0.3) is 0 Å². The number of carbonyl (C=O) groups excluding carboxylic acids is 1. The number of imidazole rings is 1. The van der Waals surface area contributed by atoms with Crippen LogP contribution in [0.5, 0.6) is 0 Å². The molecular weight excluding hydrogens is 238 g/mol. The van der Waals surface area contributed by atoms with Gasteiger partial charge >= 0.3 is 0 Å². The van der Waals surface area contributed by atoms with Crippen LogP contribution in [0.4, 0.5) is 0 Å². The molecule has 0 saturated heterocycles. The fourth-order valence-corrected chi connectivity index (χ4v) is 2.56. The van der Waals surface area contributed by atoms with Crippen molar-refractivity contribution in [1.29, 1.82) is 0 Å². The second-order valence-corrected chi connectivity index (χ2v) is 5.95. The summed E-state index contributed by atoms with van der Waals surface area (Å²) < 4.78 is 2.09. The number of aryl methyl sites for hydroxylation is 2. The van der Waals surface area contributed by atoms with E-state index >= 15 is 0 Å². The van der Waals surface area contributed by atoms with E-state index in [1.165, 1.54) is 24.2 Å². The van der Waals surface area contributed by atoms with Crippen LogP contribution in [0.15, 0.2) is 0 Å². The third kappa shape index (κ3) is 3.17. The predicted molar refractivity (Wildman–Crippen MR) is 76.0 cm³/mol. The van der Waals surface area contributed by atoms with Crippen LogP contribution in [-0.2, 0) is 24.2 Å². The van der Waals surface area contributed by atoms with E-state index in [4.69, 9.17) is 0 Å². The minimum absolute atomic E-state index is 0.0927. The molecule has 1 unspecified atom stereocenters. The first kappa shape index (κ1) is 14.1.